The van der Waals surface area contributed by atoms with E-state index in [0.29, 0.717) is 36.3 Å². The van der Waals surface area contributed by atoms with Gasteiger partial charge in [0.05, 0.1) is 6.54 Å². The summed E-state index contributed by atoms with van der Waals surface area (Å²) >= 11 is 0. The zero-order valence-corrected chi connectivity index (χ0v) is 13.6. The fraction of sp³-hybridized carbons (Fsp3) is 0.786. The van der Waals surface area contributed by atoms with Gasteiger partial charge in [0.25, 0.3) is 0 Å². The minimum atomic E-state index is 0.406. The third-order valence-corrected chi connectivity index (χ3v) is 3.89. The van der Waals surface area contributed by atoms with Gasteiger partial charge in [0.1, 0.15) is 0 Å². The van der Waals surface area contributed by atoms with Crippen molar-refractivity contribution >= 4 is 5.96 Å². The molecule has 1 aliphatic rings. The highest BCUT2D eigenvalue weighted by atomic mass is 16.5. The molecule has 0 saturated carbocycles. The van der Waals surface area contributed by atoms with Crippen molar-refractivity contribution in [3.63, 3.8) is 0 Å². The summed E-state index contributed by atoms with van der Waals surface area (Å²) in [5, 5.41) is 10.5. The molecular formula is C14H26N6O. The van der Waals surface area contributed by atoms with Gasteiger partial charge in [-0.1, -0.05) is 12.1 Å². The van der Waals surface area contributed by atoms with Crippen molar-refractivity contribution in [1.82, 2.24) is 25.7 Å². The third kappa shape index (κ3) is 4.17. The normalized spacial score (nSPS) is 23.8. The molecule has 1 aromatic rings. The van der Waals surface area contributed by atoms with Crippen LogP contribution in [0.5, 0.6) is 0 Å². The highest BCUT2D eigenvalue weighted by Gasteiger charge is 2.31. The summed E-state index contributed by atoms with van der Waals surface area (Å²) < 4.78 is 5.08. The molecule has 2 unspecified atom stereocenters. The van der Waals surface area contributed by atoms with Gasteiger partial charge in [-0.05, 0) is 26.7 Å². The van der Waals surface area contributed by atoms with Crippen LogP contribution in [0.3, 0.4) is 0 Å². The number of nitrogens with one attached hydrogen (secondary N) is 2. The number of hydrogen-bond acceptors (Lipinski definition) is 5. The van der Waals surface area contributed by atoms with Gasteiger partial charge in [0.15, 0.2) is 11.8 Å². The lowest BCUT2D eigenvalue weighted by molar-refractivity contribution is 0.265. The fourth-order valence-corrected chi connectivity index (χ4v) is 2.56. The molecule has 1 saturated heterocycles. The van der Waals surface area contributed by atoms with Crippen LogP contribution in [0, 0.1) is 12.8 Å². The van der Waals surface area contributed by atoms with Crippen LogP contribution in [0.1, 0.15) is 32.5 Å². The molecule has 0 aromatic carbocycles. The van der Waals surface area contributed by atoms with E-state index in [4.69, 9.17) is 4.52 Å². The molecule has 1 aromatic heterocycles. The van der Waals surface area contributed by atoms with E-state index in [1.54, 1.807) is 14.0 Å². The van der Waals surface area contributed by atoms with Crippen molar-refractivity contribution in [2.75, 3.05) is 20.1 Å². The number of aromatic nitrogens is 2. The Bertz CT molecular complexity index is 484. The van der Waals surface area contributed by atoms with E-state index < -0.39 is 0 Å². The van der Waals surface area contributed by atoms with Gasteiger partial charge in [0.2, 0.25) is 5.89 Å². The first-order chi connectivity index (χ1) is 9.99. The maximum atomic E-state index is 5.08. The van der Waals surface area contributed by atoms with Gasteiger partial charge in [0, 0.05) is 32.2 Å². The summed E-state index contributed by atoms with van der Waals surface area (Å²) in [7, 11) is 1.77. The molecule has 0 aliphatic carbocycles. The highest BCUT2D eigenvalue weighted by molar-refractivity contribution is 5.79. The number of likely N-dealkylation sites (tertiary alicyclic amines) is 1. The molecule has 0 bridgehead atoms. The SMILES string of the molecule is CN=C(NCc1nc(C)no1)NC1CN(C(C)C)CC1C. The number of aliphatic imine (C=N–C) groups is 1. The second kappa shape index (κ2) is 6.89. The fourth-order valence-electron chi connectivity index (χ4n) is 2.56. The van der Waals surface area contributed by atoms with E-state index in [-0.39, 0.29) is 0 Å². The quantitative estimate of drug-likeness (QED) is 0.631. The van der Waals surface area contributed by atoms with Gasteiger partial charge < -0.3 is 15.2 Å². The van der Waals surface area contributed by atoms with E-state index in [0.717, 1.165) is 19.0 Å². The molecule has 0 spiro atoms. The van der Waals surface area contributed by atoms with Crippen LogP contribution in [-0.2, 0) is 6.54 Å². The van der Waals surface area contributed by atoms with Gasteiger partial charge >= 0.3 is 0 Å². The Labute approximate surface area is 126 Å². The van der Waals surface area contributed by atoms with E-state index >= 15 is 0 Å². The number of hydrogen-bond donors (Lipinski definition) is 2. The summed E-state index contributed by atoms with van der Waals surface area (Å²) in [6.07, 6.45) is 0. The number of aryl methyl sites for hydroxylation is 1. The van der Waals surface area contributed by atoms with Gasteiger partial charge in [-0.15, -0.1) is 0 Å². The van der Waals surface area contributed by atoms with Crippen molar-refractivity contribution in [2.24, 2.45) is 10.9 Å². The molecule has 21 heavy (non-hydrogen) atoms. The Morgan fingerprint density at radius 3 is 2.76 bits per heavy atom. The molecule has 1 fully saturated rings. The van der Waals surface area contributed by atoms with Crippen LogP contribution in [0.4, 0.5) is 0 Å². The highest BCUT2D eigenvalue weighted by Crippen LogP contribution is 2.18. The molecule has 0 amide bonds. The van der Waals surface area contributed by atoms with Crippen LogP contribution < -0.4 is 10.6 Å². The Kier molecular flexibility index (Phi) is 5.17. The summed E-state index contributed by atoms with van der Waals surface area (Å²) in [6, 6.07) is 0.985. The summed E-state index contributed by atoms with van der Waals surface area (Å²) in [5.74, 6) is 2.58. The standard InChI is InChI=1S/C14H26N6O/c1-9(2)20-7-10(3)12(8-20)18-14(15-5)16-6-13-17-11(4)19-21-13/h9-10,12H,6-8H2,1-5H3,(H2,15,16,18). The van der Waals surface area contributed by atoms with Crippen molar-refractivity contribution in [2.45, 2.75) is 46.3 Å². The van der Waals surface area contributed by atoms with Crippen molar-refractivity contribution in [3.05, 3.63) is 11.7 Å². The third-order valence-electron chi connectivity index (χ3n) is 3.89. The molecule has 118 valence electrons. The lowest BCUT2D eigenvalue weighted by atomic mass is 10.1. The lowest BCUT2D eigenvalue weighted by Gasteiger charge is -2.21. The minimum absolute atomic E-state index is 0.406. The van der Waals surface area contributed by atoms with Crippen LogP contribution in [0.15, 0.2) is 9.52 Å². The largest absolute Gasteiger partial charge is 0.352 e. The lowest BCUT2D eigenvalue weighted by Crippen LogP contribution is -2.46. The predicted octanol–water partition coefficient (Wildman–Crippen LogP) is 0.772. The van der Waals surface area contributed by atoms with Crippen LogP contribution in [0.2, 0.25) is 0 Å². The van der Waals surface area contributed by atoms with Crippen molar-refractivity contribution in [3.8, 4) is 0 Å². The maximum Gasteiger partial charge on any atom is 0.246 e. The monoisotopic (exact) mass is 294 g/mol. The summed E-state index contributed by atoms with van der Waals surface area (Å²) in [4.78, 5) is 10.9. The number of nitrogens with zero attached hydrogens (tertiary/aromatic N) is 4. The van der Waals surface area contributed by atoms with E-state index in [1.165, 1.54) is 0 Å². The Balaban J connectivity index is 1.85. The van der Waals surface area contributed by atoms with E-state index in [2.05, 4.69) is 51.4 Å². The van der Waals surface area contributed by atoms with E-state index in [1.807, 2.05) is 0 Å². The number of guanidine groups is 1. The van der Waals surface area contributed by atoms with Crippen LogP contribution in [-0.4, -0.2) is 53.2 Å². The zero-order valence-electron chi connectivity index (χ0n) is 13.6. The first-order valence-electron chi connectivity index (χ1n) is 7.50. The van der Waals surface area contributed by atoms with E-state index in [9.17, 15) is 0 Å². The molecule has 2 heterocycles. The average Bonchev–Trinajstić information content (AvgIpc) is 3.01. The smallest absolute Gasteiger partial charge is 0.246 e. The number of rotatable bonds is 4. The molecule has 2 N–H and O–H groups in total. The molecular weight excluding hydrogens is 268 g/mol. The average molecular weight is 294 g/mol. The predicted molar refractivity (Wildman–Crippen MR) is 82.0 cm³/mol. The first-order valence-corrected chi connectivity index (χ1v) is 7.50. The van der Waals surface area contributed by atoms with Gasteiger partial charge in [-0.2, -0.15) is 4.98 Å². The zero-order chi connectivity index (χ0) is 15.4. The molecule has 0 radical (unpaired) electrons. The van der Waals surface area contributed by atoms with Crippen molar-refractivity contribution in [1.29, 1.82) is 0 Å². The van der Waals surface area contributed by atoms with Gasteiger partial charge in [-0.3, -0.25) is 9.89 Å². The molecule has 1 aliphatic heterocycles. The molecule has 7 heteroatoms. The van der Waals surface area contributed by atoms with Crippen LogP contribution >= 0.6 is 0 Å². The topological polar surface area (TPSA) is 78.6 Å². The summed E-state index contributed by atoms with van der Waals surface area (Å²) in [5.41, 5.74) is 0. The molecule has 2 rings (SSSR count). The molecule has 7 nitrogen and oxygen atoms in total. The maximum absolute atomic E-state index is 5.08. The molecule has 2 atom stereocenters. The minimum Gasteiger partial charge on any atom is -0.352 e. The Morgan fingerprint density at radius 2 is 2.24 bits per heavy atom. The van der Waals surface area contributed by atoms with Crippen LogP contribution in [0.25, 0.3) is 0 Å². The second-order valence-electron chi connectivity index (χ2n) is 5.94. The Morgan fingerprint density at radius 1 is 1.48 bits per heavy atom. The van der Waals surface area contributed by atoms with Crippen molar-refractivity contribution < 1.29 is 4.52 Å². The Hall–Kier alpha value is -1.63. The second-order valence-corrected chi connectivity index (χ2v) is 5.94. The van der Waals surface area contributed by atoms with Gasteiger partial charge in [-0.25, -0.2) is 0 Å². The first kappa shape index (κ1) is 15.8. The summed E-state index contributed by atoms with van der Waals surface area (Å²) in [6.45, 7) is 11.2.